The number of urea groups is 1. The average Bonchev–Trinajstić information content (AvgIpc) is 3.12. The van der Waals surface area contributed by atoms with Crippen molar-refractivity contribution in [3.05, 3.63) is 46.1 Å². The summed E-state index contributed by atoms with van der Waals surface area (Å²) in [5.41, 5.74) is 2.29. The van der Waals surface area contributed by atoms with Crippen LogP contribution in [-0.4, -0.2) is 21.2 Å². The van der Waals surface area contributed by atoms with Crippen molar-refractivity contribution < 1.29 is 4.79 Å². The Hall–Kier alpha value is -2.38. The van der Waals surface area contributed by atoms with Crippen LogP contribution >= 0.6 is 22.9 Å². The maximum Gasteiger partial charge on any atom is 0.324 e. The molecule has 0 saturated carbocycles. The van der Waals surface area contributed by atoms with E-state index < -0.39 is 6.03 Å². The minimum Gasteiger partial charge on any atom is -0.307 e. The number of H-pyrrole nitrogens is 1. The summed E-state index contributed by atoms with van der Waals surface area (Å²) >= 11 is 7.49. The summed E-state index contributed by atoms with van der Waals surface area (Å²) in [6.45, 7) is 3.88. The van der Waals surface area contributed by atoms with Crippen molar-refractivity contribution >= 4 is 40.5 Å². The van der Waals surface area contributed by atoms with E-state index in [1.54, 1.807) is 29.7 Å². The molecular weight excluding hydrogens is 334 g/mol. The first-order chi connectivity index (χ1) is 11.0. The second-order valence-electron chi connectivity index (χ2n) is 4.98. The molecular formula is C15H14ClN5OS. The van der Waals surface area contributed by atoms with Crippen LogP contribution in [0.15, 0.2) is 30.5 Å². The molecule has 0 aliphatic carbocycles. The molecule has 2 amide bonds. The topological polar surface area (TPSA) is 82.7 Å². The number of thiophene rings is 1. The van der Waals surface area contributed by atoms with Gasteiger partial charge < -0.3 is 5.32 Å². The second-order valence-corrected chi connectivity index (χ2v) is 6.65. The highest BCUT2D eigenvalue weighted by molar-refractivity contribution is 7.15. The monoisotopic (exact) mass is 347 g/mol. The van der Waals surface area contributed by atoms with E-state index in [-0.39, 0.29) is 0 Å². The number of aromatic amines is 1. The molecule has 8 heteroatoms. The van der Waals surface area contributed by atoms with Gasteiger partial charge in [0.2, 0.25) is 0 Å². The number of aryl methyl sites for hydroxylation is 2. The molecule has 23 heavy (non-hydrogen) atoms. The molecule has 3 heterocycles. The number of hydrogen-bond acceptors (Lipinski definition) is 4. The predicted molar refractivity (Wildman–Crippen MR) is 93.3 cm³/mol. The number of pyridine rings is 1. The van der Waals surface area contributed by atoms with E-state index >= 15 is 0 Å². The Morgan fingerprint density at radius 1 is 1.26 bits per heavy atom. The third kappa shape index (κ3) is 3.69. The van der Waals surface area contributed by atoms with Gasteiger partial charge in [-0.05, 0) is 37.6 Å². The normalized spacial score (nSPS) is 10.6. The molecule has 0 aromatic carbocycles. The zero-order valence-electron chi connectivity index (χ0n) is 12.5. The van der Waals surface area contributed by atoms with E-state index in [0.717, 1.165) is 16.1 Å². The van der Waals surface area contributed by atoms with Gasteiger partial charge in [-0.3, -0.25) is 10.4 Å². The maximum absolute atomic E-state index is 12.1. The minimum atomic E-state index is -0.393. The van der Waals surface area contributed by atoms with E-state index in [9.17, 15) is 4.79 Å². The third-order valence-electron chi connectivity index (χ3n) is 3.14. The summed E-state index contributed by atoms with van der Waals surface area (Å²) < 4.78 is 0. The minimum absolute atomic E-state index is 0.320. The van der Waals surface area contributed by atoms with Crippen LogP contribution in [0.4, 0.5) is 16.3 Å². The number of nitrogens with zero attached hydrogens (tertiary/aromatic N) is 2. The fraction of sp³-hybridized carbons (Fsp3) is 0.133. The first-order valence-electron chi connectivity index (χ1n) is 6.83. The molecule has 0 saturated heterocycles. The largest absolute Gasteiger partial charge is 0.324 e. The van der Waals surface area contributed by atoms with Crippen molar-refractivity contribution in [1.82, 2.24) is 15.2 Å². The summed E-state index contributed by atoms with van der Waals surface area (Å²) in [6, 6.07) is 7.05. The number of halogens is 1. The fourth-order valence-corrected chi connectivity index (χ4v) is 2.99. The highest BCUT2D eigenvalue weighted by Crippen LogP contribution is 2.27. The van der Waals surface area contributed by atoms with E-state index in [1.165, 1.54) is 4.88 Å². The number of anilines is 2. The van der Waals surface area contributed by atoms with Crippen LogP contribution in [0.3, 0.4) is 0 Å². The number of rotatable bonds is 3. The van der Waals surface area contributed by atoms with E-state index in [4.69, 9.17) is 11.6 Å². The molecule has 6 nitrogen and oxygen atoms in total. The third-order valence-corrected chi connectivity index (χ3v) is 4.38. The van der Waals surface area contributed by atoms with E-state index in [1.807, 2.05) is 26.0 Å². The summed E-state index contributed by atoms with van der Waals surface area (Å²) in [5.74, 6) is 0.446. The Kier molecular flexibility index (Phi) is 4.31. The van der Waals surface area contributed by atoms with Gasteiger partial charge in [0.15, 0.2) is 5.82 Å². The molecule has 0 fully saturated rings. The van der Waals surface area contributed by atoms with E-state index in [2.05, 4.69) is 25.8 Å². The van der Waals surface area contributed by atoms with Crippen molar-refractivity contribution in [2.45, 2.75) is 13.8 Å². The van der Waals surface area contributed by atoms with Crippen molar-refractivity contribution in [3.8, 4) is 10.6 Å². The van der Waals surface area contributed by atoms with Crippen LogP contribution in [0.25, 0.3) is 10.6 Å². The van der Waals surface area contributed by atoms with Gasteiger partial charge in [0.1, 0.15) is 5.15 Å². The Bertz CT molecular complexity index is 857. The summed E-state index contributed by atoms with van der Waals surface area (Å²) in [4.78, 5) is 18.3. The highest BCUT2D eigenvalue weighted by atomic mass is 35.5. The zero-order chi connectivity index (χ0) is 16.4. The number of nitrogens with one attached hydrogen (secondary N) is 3. The molecule has 0 bridgehead atoms. The summed E-state index contributed by atoms with van der Waals surface area (Å²) in [6.07, 6.45) is 1.60. The lowest BCUT2D eigenvalue weighted by Gasteiger charge is -2.08. The van der Waals surface area contributed by atoms with Gasteiger partial charge in [-0.1, -0.05) is 11.6 Å². The second kappa shape index (κ2) is 6.39. The number of carbonyl (C=O) groups is 1. The first kappa shape index (κ1) is 15.5. The quantitative estimate of drug-likeness (QED) is 0.612. The maximum atomic E-state index is 12.1. The van der Waals surface area contributed by atoms with Crippen LogP contribution in [0.5, 0.6) is 0 Å². The Labute approximate surface area is 141 Å². The molecule has 0 unspecified atom stereocenters. The molecule has 0 spiro atoms. The molecule has 3 N–H and O–H groups in total. The van der Waals surface area contributed by atoms with Crippen LogP contribution in [0, 0.1) is 13.8 Å². The van der Waals surface area contributed by atoms with Gasteiger partial charge in [0.05, 0.1) is 10.6 Å². The molecule has 0 radical (unpaired) electrons. The smallest absolute Gasteiger partial charge is 0.307 e. The molecule has 3 aromatic rings. The Morgan fingerprint density at radius 3 is 2.83 bits per heavy atom. The lowest BCUT2D eigenvalue weighted by Crippen LogP contribution is -2.20. The fourth-order valence-electron chi connectivity index (χ4n) is 1.99. The van der Waals surface area contributed by atoms with Gasteiger partial charge in [-0.15, -0.1) is 11.3 Å². The number of aromatic nitrogens is 3. The van der Waals surface area contributed by atoms with Gasteiger partial charge in [-0.25, -0.2) is 9.78 Å². The van der Waals surface area contributed by atoms with Crippen molar-refractivity contribution in [2.24, 2.45) is 0 Å². The van der Waals surface area contributed by atoms with Gasteiger partial charge in [0.25, 0.3) is 0 Å². The van der Waals surface area contributed by atoms with E-state index in [0.29, 0.717) is 16.7 Å². The number of carbonyl (C=O) groups excluding carboxylic acids is 1. The molecule has 3 rings (SSSR count). The zero-order valence-corrected chi connectivity index (χ0v) is 14.0. The first-order valence-corrected chi connectivity index (χ1v) is 8.03. The number of hydrogen-bond donors (Lipinski definition) is 3. The van der Waals surface area contributed by atoms with Gasteiger partial charge in [0, 0.05) is 22.8 Å². The number of amides is 2. The lowest BCUT2D eigenvalue weighted by molar-refractivity contribution is 0.262. The SMILES string of the molecule is Cc1ccc(-c2cc(NC(=O)Nc3cc(Cl)ncc3C)n[nH]2)s1. The lowest BCUT2D eigenvalue weighted by atomic mass is 10.2. The molecule has 118 valence electrons. The van der Waals surface area contributed by atoms with Crippen LogP contribution in [0.1, 0.15) is 10.4 Å². The molecule has 0 aliphatic heterocycles. The van der Waals surface area contributed by atoms with Gasteiger partial charge >= 0.3 is 6.03 Å². The van der Waals surface area contributed by atoms with Crippen molar-refractivity contribution in [1.29, 1.82) is 0 Å². The Balaban J connectivity index is 1.69. The predicted octanol–water partition coefficient (Wildman–Crippen LogP) is 4.45. The standard InChI is InChI=1S/C15H14ClN5OS/c1-8-7-17-13(16)5-10(8)18-15(22)19-14-6-11(20-21-14)12-4-3-9(2)23-12/h3-7H,1-2H3,(H3,17,18,19,20,21,22). The summed E-state index contributed by atoms with van der Waals surface area (Å²) in [7, 11) is 0. The molecule has 3 aromatic heterocycles. The molecule has 0 aliphatic rings. The Morgan fingerprint density at radius 2 is 2.09 bits per heavy atom. The van der Waals surface area contributed by atoms with Crippen molar-refractivity contribution in [2.75, 3.05) is 10.6 Å². The summed E-state index contributed by atoms with van der Waals surface area (Å²) in [5, 5.41) is 12.7. The van der Waals surface area contributed by atoms with Crippen LogP contribution < -0.4 is 10.6 Å². The van der Waals surface area contributed by atoms with Crippen LogP contribution in [0.2, 0.25) is 5.15 Å². The van der Waals surface area contributed by atoms with Crippen molar-refractivity contribution in [3.63, 3.8) is 0 Å². The highest BCUT2D eigenvalue weighted by Gasteiger charge is 2.10. The molecule has 0 atom stereocenters. The average molecular weight is 348 g/mol. The van der Waals surface area contributed by atoms with Gasteiger partial charge in [-0.2, -0.15) is 5.10 Å². The van der Waals surface area contributed by atoms with Crippen LogP contribution in [-0.2, 0) is 0 Å².